The first-order valence-corrected chi connectivity index (χ1v) is 7.65. The van der Waals surface area contributed by atoms with E-state index in [9.17, 15) is 14.4 Å². The predicted molar refractivity (Wildman–Crippen MR) is 85.6 cm³/mol. The van der Waals surface area contributed by atoms with Gasteiger partial charge in [0.1, 0.15) is 12.2 Å². The van der Waals surface area contributed by atoms with Crippen molar-refractivity contribution in [3.63, 3.8) is 0 Å². The lowest BCUT2D eigenvalue weighted by Crippen LogP contribution is -2.22. The fourth-order valence-electron chi connectivity index (χ4n) is 2.64. The van der Waals surface area contributed by atoms with E-state index in [1.165, 1.54) is 13.0 Å². The van der Waals surface area contributed by atoms with Crippen molar-refractivity contribution in [3.05, 3.63) is 40.2 Å². The zero-order chi connectivity index (χ0) is 17.1. The van der Waals surface area contributed by atoms with Crippen LogP contribution in [-0.4, -0.2) is 24.6 Å². The second kappa shape index (κ2) is 6.84. The summed E-state index contributed by atoms with van der Waals surface area (Å²) in [6, 6.07) is 6.25. The highest BCUT2D eigenvalue weighted by atomic mass is 16.6. The summed E-state index contributed by atoms with van der Waals surface area (Å²) in [4.78, 5) is 34.8. The van der Waals surface area contributed by atoms with Gasteiger partial charge in [0, 0.05) is 42.3 Å². The van der Waals surface area contributed by atoms with Gasteiger partial charge in [0.2, 0.25) is 5.91 Å². The number of rotatable bonds is 4. The standard InChI is InChI=1S/C17H17NO6/c1-10(19)18-12-4-5-13-11(7-16(20)24-15(13)8-12)9-23-17(21)14-3-2-6-22-14/h4-5,7-8,14H,2-3,6,9H2,1H3,(H,18,19)/t14-/m1/s1. The van der Waals surface area contributed by atoms with Gasteiger partial charge in [-0.25, -0.2) is 9.59 Å². The van der Waals surface area contributed by atoms with Crippen molar-refractivity contribution in [1.29, 1.82) is 0 Å². The molecule has 1 saturated heterocycles. The van der Waals surface area contributed by atoms with Crippen molar-refractivity contribution in [1.82, 2.24) is 0 Å². The third-order valence-electron chi connectivity index (χ3n) is 3.71. The number of hydrogen-bond donors (Lipinski definition) is 1. The van der Waals surface area contributed by atoms with E-state index in [1.54, 1.807) is 18.2 Å². The van der Waals surface area contributed by atoms with Crippen LogP contribution in [-0.2, 0) is 25.7 Å². The molecule has 1 aliphatic rings. The summed E-state index contributed by atoms with van der Waals surface area (Å²) in [5.41, 5.74) is 0.830. The van der Waals surface area contributed by atoms with Gasteiger partial charge in [-0.3, -0.25) is 4.79 Å². The van der Waals surface area contributed by atoms with Crippen LogP contribution < -0.4 is 10.9 Å². The third kappa shape index (κ3) is 3.62. The Morgan fingerprint density at radius 3 is 2.88 bits per heavy atom. The van der Waals surface area contributed by atoms with Gasteiger partial charge in [-0.2, -0.15) is 0 Å². The van der Waals surface area contributed by atoms with Crippen molar-refractivity contribution < 1.29 is 23.5 Å². The molecule has 0 radical (unpaired) electrons. The smallest absolute Gasteiger partial charge is 0.336 e. The molecule has 1 aliphatic heterocycles. The van der Waals surface area contributed by atoms with E-state index in [0.717, 1.165) is 6.42 Å². The van der Waals surface area contributed by atoms with Crippen molar-refractivity contribution in [2.45, 2.75) is 32.5 Å². The summed E-state index contributed by atoms with van der Waals surface area (Å²) in [6.45, 7) is 1.91. The van der Waals surface area contributed by atoms with Crippen molar-refractivity contribution >= 4 is 28.5 Å². The van der Waals surface area contributed by atoms with Crippen molar-refractivity contribution in [2.75, 3.05) is 11.9 Å². The van der Waals surface area contributed by atoms with Crippen LogP contribution in [0.1, 0.15) is 25.3 Å². The molecule has 24 heavy (non-hydrogen) atoms. The average Bonchev–Trinajstić information content (AvgIpc) is 3.05. The van der Waals surface area contributed by atoms with Crippen molar-refractivity contribution in [2.24, 2.45) is 0 Å². The first-order valence-electron chi connectivity index (χ1n) is 7.65. The molecule has 0 unspecified atom stereocenters. The Kier molecular flexibility index (Phi) is 4.61. The van der Waals surface area contributed by atoms with Gasteiger partial charge in [-0.15, -0.1) is 0 Å². The molecule has 7 heteroatoms. The normalized spacial score (nSPS) is 17.0. The number of carbonyl (C=O) groups is 2. The third-order valence-corrected chi connectivity index (χ3v) is 3.71. The molecule has 1 aromatic carbocycles. The van der Waals surface area contributed by atoms with Gasteiger partial charge in [0.15, 0.2) is 6.10 Å². The maximum atomic E-state index is 11.9. The highest BCUT2D eigenvalue weighted by Crippen LogP contribution is 2.22. The van der Waals surface area contributed by atoms with Crippen LogP contribution >= 0.6 is 0 Å². The van der Waals surface area contributed by atoms with Crippen LogP contribution in [0.4, 0.5) is 5.69 Å². The zero-order valence-corrected chi connectivity index (χ0v) is 13.2. The minimum atomic E-state index is -0.550. The molecule has 7 nitrogen and oxygen atoms in total. The van der Waals surface area contributed by atoms with Gasteiger partial charge in [-0.1, -0.05) is 0 Å². The Morgan fingerprint density at radius 1 is 1.33 bits per heavy atom. The minimum Gasteiger partial charge on any atom is -0.459 e. The highest BCUT2D eigenvalue weighted by Gasteiger charge is 2.25. The zero-order valence-electron chi connectivity index (χ0n) is 13.2. The summed E-state index contributed by atoms with van der Waals surface area (Å²) < 4.78 is 15.7. The quantitative estimate of drug-likeness (QED) is 0.680. The highest BCUT2D eigenvalue weighted by molar-refractivity contribution is 5.92. The number of ether oxygens (including phenoxy) is 2. The lowest BCUT2D eigenvalue weighted by Gasteiger charge is -2.11. The molecule has 0 aliphatic carbocycles. The molecular weight excluding hydrogens is 314 g/mol. The Hall–Kier alpha value is -2.67. The Balaban J connectivity index is 1.83. The topological polar surface area (TPSA) is 94.8 Å². The molecule has 126 valence electrons. The van der Waals surface area contributed by atoms with Gasteiger partial charge in [0.25, 0.3) is 0 Å². The first kappa shape index (κ1) is 16.2. The summed E-state index contributed by atoms with van der Waals surface area (Å²) >= 11 is 0. The number of benzene rings is 1. The number of nitrogens with one attached hydrogen (secondary N) is 1. The molecule has 2 aromatic rings. The fraction of sp³-hybridized carbons (Fsp3) is 0.353. The summed E-state index contributed by atoms with van der Waals surface area (Å²) in [5, 5.41) is 3.26. The number of anilines is 1. The molecule has 1 N–H and O–H groups in total. The monoisotopic (exact) mass is 331 g/mol. The first-order chi connectivity index (χ1) is 11.5. The van der Waals surface area contributed by atoms with Gasteiger partial charge in [-0.05, 0) is 25.0 Å². The van der Waals surface area contributed by atoms with Gasteiger partial charge < -0.3 is 19.2 Å². The predicted octanol–water partition coefficient (Wildman–Crippen LogP) is 1.97. The lowest BCUT2D eigenvalue weighted by atomic mass is 10.1. The number of esters is 1. The second-order valence-corrected chi connectivity index (χ2v) is 5.59. The molecule has 2 heterocycles. The molecular formula is C17H17NO6. The van der Waals surface area contributed by atoms with Crippen molar-refractivity contribution in [3.8, 4) is 0 Å². The molecule has 1 aromatic heterocycles. The minimum absolute atomic E-state index is 0.0414. The maximum absolute atomic E-state index is 11.9. The number of fused-ring (bicyclic) bond motifs is 1. The van der Waals surface area contributed by atoms with E-state index >= 15 is 0 Å². The molecule has 3 rings (SSSR count). The molecule has 0 bridgehead atoms. The Morgan fingerprint density at radius 2 is 2.17 bits per heavy atom. The van der Waals surface area contributed by atoms with Crippen LogP contribution in [0, 0.1) is 0 Å². The molecule has 1 fully saturated rings. The van der Waals surface area contributed by atoms with E-state index < -0.39 is 17.7 Å². The van der Waals surface area contributed by atoms with E-state index in [0.29, 0.717) is 35.2 Å². The van der Waals surface area contributed by atoms with Crippen LogP contribution in [0.25, 0.3) is 11.0 Å². The lowest BCUT2D eigenvalue weighted by molar-refractivity contribution is -0.155. The molecule has 0 saturated carbocycles. The number of carbonyl (C=O) groups excluding carboxylic acids is 2. The SMILES string of the molecule is CC(=O)Nc1ccc2c(COC(=O)[C@H]3CCCO3)cc(=O)oc2c1. The maximum Gasteiger partial charge on any atom is 0.336 e. The van der Waals surface area contributed by atoms with Crippen LogP contribution in [0.2, 0.25) is 0 Å². The van der Waals surface area contributed by atoms with Gasteiger partial charge >= 0.3 is 11.6 Å². The summed E-state index contributed by atoms with van der Waals surface area (Å²) in [6.07, 6.45) is 0.961. The number of amides is 1. The van der Waals surface area contributed by atoms with E-state index in [4.69, 9.17) is 13.9 Å². The second-order valence-electron chi connectivity index (χ2n) is 5.59. The van der Waals surface area contributed by atoms with Crippen LogP contribution in [0.5, 0.6) is 0 Å². The summed E-state index contributed by atoms with van der Waals surface area (Å²) in [7, 11) is 0. The summed E-state index contributed by atoms with van der Waals surface area (Å²) in [5.74, 6) is -0.651. The Labute approximate surface area is 137 Å². The van der Waals surface area contributed by atoms with E-state index in [-0.39, 0.29) is 12.5 Å². The average molecular weight is 331 g/mol. The largest absolute Gasteiger partial charge is 0.459 e. The Bertz CT molecular complexity index is 835. The van der Waals surface area contributed by atoms with Crippen LogP contribution in [0.15, 0.2) is 33.5 Å². The number of hydrogen-bond acceptors (Lipinski definition) is 6. The molecule has 1 atom stereocenters. The van der Waals surface area contributed by atoms with Crippen LogP contribution in [0.3, 0.4) is 0 Å². The molecule has 1 amide bonds. The van der Waals surface area contributed by atoms with E-state index in [2.05, 4.69) is 5.32 Å². The fourth-order valence-corrected chi connectivity index (χ4v) is 2.64. The molecule has 0 spiro atoms. The van der Waals surface area contributed by atoms with Gasteiger partial charge in [0.05, 0.1) is 0 Å². The van der Waals surface area contributed by atoms with E-state index in [1.807, 2.05) is 0 Å².